The van der Waals surface area contributed by atoms with Crippen LogP contribution in [0.5, 0.6) is 11.5 Å². The van der Waals surface area contributed by atoms with Gasteiger partial charge in [0.25, 0.3) is 0 Å². The molecule has 0 fully saturated rings. The van der Waals surface area contributed by atoms with E-state index in [-0.39, 0.29) is 13.4 Å². The van der Waals surface area contributed by atoms with Crippen molar-refractivity contribution in [2.45, 2.75) is 6.61 Å². The Morgan fingerprint density at radius 1 is 1.19 bits per heavy atom. The van der Waals surface area contributed by atoms with Crippen LogP contribution in [0.25, 0.3) is 0 Å². The number of ether oxygens (including phenoxy) is 3. The van der Waals surface area contributed by atoms with Crippen molar-refractivity contribution in [2.24, 2.45) is 0 Å². The van der Waals surface area contributed by atoms with Gasteiger partial charge in [0.15, 0.2) is 11.5 Å². The Bertz CT molecular complexity index is 674. The minimum Gasteiger partial charge on any atom is -0.454 e. The number of carbonyl (C=O) groups excluding carboxylic acids is 1. The maximum atomic E-state index is 11.7. The van der Waals surface area contributed by atoms with Gasteiger partial charge < -0.3 is 14.2 Å². The second-order valence-corrected chi connectivity index (χ2v) is 4.84. The Kier molecular flexibility index (Phi) is 3.83. The van der Waals surface area contributed by atoms with Crippen LogP contribution >= 0.6 is 11.6 Å². The standard InChI is InChI=1S/C15H12ClNO4/c16-11-2-1-3-12(7-11)17-15(18)19-8-10-4-5-13-14(6-10)21-9-20-13/h1-7H,8-9H2,(H,17,18). The zero-order valence-corrected chi connectivity index (χ0v) is 11.7. The first kappa shape index (κ1) is 13.6. The maximum absolute atomic E-state index is 11.7. The second-order valence-electron chi connectivity index (χ2n) is 4.40. The van der Waals surface area contributed by atoms with E-state index >= 15 is 0 Å². The molecule has 0 aromatic heterocycles. The maximum Gasteiger partial charge on any atom is 0.411 e. The van der Waals surface area contributed by atoms with Crippen molar-refractivity contribution in [3.63, 3.8) is 0 Å². The van der Waals surface area contributed by atoms with Gasteiger partial charge in [0, 0.05) is 10.7 Å². The molecule has 1 heterocycles. The number of hydrogen-bond donors (Lipinski definition) is 1. The summed E-state index contributed by atoms with van der Waals surface area (Å²) in [7, 11) is 0. The molecule has 0 saturated heterocycles. The van der Waals surface area contributed by atoms with Crippen LogP contribution in [0.15, 0.2) is 42.5 Å². The highest BCUT2D eigenvalue weighted by Gasteiger charge is 2.13. The molecule has 3 rings (SSSR count). The predicted octanol–water partition coefficient (Wildman–Crippen LogP) is 3.82. The molecule has 1 N–H and O–H groups in total. The summed E-state index contributed by atoms with van der Waals surface area (Å²) < 4.78 is 15.6. The number of nitrogens with one attached hydrogen (secondary N) is 1. The van der Waals surface area contributed by atoms with Gasteiger partial charge in [0.2, 0.25) is 6.79 Å². The number of benzene rings is 2. The molecule has 108 valence electrons. The number of fused-ring (bicyclic) bond motifs is 1. The van der Waals surface area contributed by atoms with Crippen molar-refractivity contribution in [3.05, 3.63) is 53.1 Å². The zero-order valence-electron chi connectivity index (χ0n) is 11.0. The van der Waals surface area contributed by atoms with Crippen molar-refractivity contribution in [2.75, 3.05) is 12.1 Å². The van der Waals surface area contributed by atoms with Gasteiger partial charge in [-0.1, -0.05) is 23.7 Å². The number of hydrogen-bond acceptors (Lipinski definition) is 4. The topological polar surface area (TPSA) is 56.8 Å². The number of amides is 1. The lowest BCUT2D eigenvalue weighted by Crippen LogP contribution is -2.13. The van der Waals surface area contributed by atoms with Crippen molar-refractivity contribution >= 4 is 23.4 Å². The smallest absolute Gasteiger partial charge is 0.411 e. The van der Waals surface area contributed by atoms with Crippen LogP contribution in [-0.2, 0) is 11.3 Å². The van der Waals surface area contributed by atoms with Crippen LogP contribution < -0.4 is 14.8 Å². The van der Waals surface area contributed by atoms with E-state index in [0.29, 0.717) is 22.2 Å². The van der Waals surface area contributed by atoms with Crippen LogP contribution in [-0.4, -0.2) is 12.9 Å². The molecule has 0 unspecified atom stereocenters. The molecule has 1 aliphatic rings. The van der Waals surface area contributed by atoms with Gasteiger partial charge >= 0.3 is 6.09 Å². The van der Waals surface area contributed by atoms with E-state index in [9.17, 15) is 4.79 Å². The van der Waals surface area contributed by atoms with Gasteiger partial charge in [-0.25, -0.2) is 4.79 Å². The molecular weight excluding hydrogens is 294 g/mol. The molecule has 0 atom stereocenters. The number of anilines is 1. The van der Waals surface area contributed by atoms with Crippen LogP contribution in [0.3, 0.4) is 0 Å². The Hall–Kier alpha value is -2.40. The molecule has 1 aliphatic heterocycles. The SMILES string of the molecule is O=C(Nc1cccc(Cl)c1)OCc1ccc2c(c1)OCO2. The summed E-state index contributed by atoms with van der Waals surface area (Å²) in [6.07, 6.45) is -0.546. The average molecular weight is 306 g/mol. The highest BCUT2D eigenvalue weighted by molar-refractivity contribution is 6.30. The van der Waals surface area contributed by atoms with Crippen molar-refractivity contribution in [1.82, 2.24) is 0 Å². The van der Waals surface area contributed by atoms with Crippen molar-refractivity contribution in [3.8, 4) is 11.5 Å². The second kappa shape index (κ2) is 5.93. The highest BCUT2D eigenvalue weighted by Crippen LogP contribution is 2.32. The van der Waals surface area contributed by atoms with E-state index in [1.807, 2.05) is 6.07 Å². The van der Waals surface area contributed by atoms with Gasteiger partial charge in [-0.05, 0) is 35.9 Å². The predicted molar refractivity (Wildman–Crippen MR) is 77.8 cm³/mol. The van der Waals surface area contributed by atoms with E-state index in [0.717, 1.165) is 5.56 Å². The van der Waals surface area contributed by atoms with E-state index < -0.39 is 6.09 Å². The first-order chi connectivity index (χ1) is 10.2. The Morgan fingerprint density at radius 3 is 2.90 bits per heavy atom. The first-order valence-electron chi connectivity index (χ1n) is 6.28. The van der Waals surface area contributed by atoms with E-state index in [1.54, 1.807) is 36.4 Å². The Morgan fingerprint density at radius 2 is 2.05 bits per heavy atom. The lowest BCUT2D eigenvalue weighted by molar-refractivity contribution is 0.154. The molecule has 21 heavy (non-hydrogen) atoms. The normalized spacial score (nSPS) is 12.0. The third kappa shape index (κ3) is 3.38. The van der Waals surface area contributed by atoms with E-state index in [1.165, 1.54) is 0 Å². The van der Waals surface area contributed by atoms with Crippen molar-refractivity contribution in [1.29, 1.82) is 0 Å². The lowest BCUT2D eigenvalue weighted by atomic mass is 10.2. The zero-order chi connectivity index (χ0) is 14.7. The number of halogens is 1. The Balaban J connectivity index is 1.56. The van der Waals surface area contributed by atoms with Gasteiger partial charge in [-0.15, -0.1) is 0 Å². The molecule has 0 aliphatic carbocycles. The summed E-state index contributed by atoms with van der Waals surface area (Å²) in [6.45, 7) is 0.359. The summed E-state index contributed by atoms with van der Waals surface area (Å²) in [5.41, 5.74) is 1.40. The fraction of sp³-hybridized carbons (Fsp3) is 0.133. The van der Waals surface area contributed by atoms with Crippen LogP contribution in [0.4, 0.5) is 10.5 Å². The summed E-state index contributed by atoms with van der Waals surface area (Å²) in [4.78, 5) is 11.7. The Labute approximate surface area is 126 Å². The molecule has 2 aromatic carbocycles. The minimum atomic E-state index is -0.546. The highest BCUT2D eigenvalue weighted by atomic mass is 35.5. The summed E-state index contributed by atoms with van der Waals surface area (Å²) >= 11 is 5.84. The lowest BCUT2D eigenvalue weighted by Gasteiger charge is -2.07. The fourth-order valence-electron chi connectivity index (χ4n) is 1.90. The van der Waals surface area contributed by atoms with Crippen molar-refractivity contribution < 1.29 is 19.0 Å². The van der Waals surface area contributed by atoms with Crippen LogP contribution in [0.1, 0.15) is 5.56 Å². The molecule has 6 heteroatoms. The fourth-order valence-corrected chi connectivity index (χ4v) is 2.09. The van der Waals surface area contributed by atoms with E-state index in [2.05, 4.69) is 5.32 Å². The quantitative estimate of drug-likeness (QED) is 0.936. The molecule has 0 saturated carbocycles. The van der Waals surface area contributed by atoms with Crippen LogP contribution in [0.2, 0.25) is 5.02 Å². The number of rotatable bonds is 3. The van der Waals surface area contributed by atoms with Gasteiger partial charge in [-0.3, -0.25) is 5.32 Å². The van der Waals surface area contributed by atoms with Gasteiger partial charge in [-0.2, -0.15) is 0 Å². The average Bonchev–Trinajstić information content (AvgIpc) is 2.92. The summed E-state index contributed by atoms with van der Waals surface area (Å²) in [5, 5.41) is 3.15. The third-order valence-electron chi connectivity index (χ3n) is 2.88. The van der Waals surface area contributed by atoms with E-state index in [4.69, 9.17) is 25.8 Å². The van der Waals surface area contributed by atoms with Crippen LogP contribution in [0, 0.1) is 0 Å². The molecular formula is C15H12ClNO4. The molecule has 0 spiro atoms. The molecule has 0 radical (unpaired) electrons. The van der Waals surface area contributed by atoms with Gasteiger partial charge in [0.1, 0.15) is 6.61 Å². The molecule has 2 aromatic rings. The summed E-state index contributed by atoms with van der Waals surface area (Å²) in [5.74, 6) is 1.36. The monoisotopic (exact) mass is 305 g/mol. The molecule has 1 amide bonds. The first-order valence-corrected chi connectivity index (χ1v) is 6.66. The molecule has 5 nitrogen and oxygen atoms in total. The largest absolute Gasteiger partial charge is 0.454 e. The minimum absolute atomic E-state index is 0.142. The molecule has 0 bridgehead atoms. The number of carbonyl (C=O) groups is 1. The van der Waals surface area contributed by atoms with Gasteiger partial charge in [0.05, 0.1) is 0 Å². The summed E-state index contributed by atoms with van der Waals surface area (Å²) in [6, 6.07) is 12.2. The third-order valence-corrected chi connectivity index (χ3v) is 3.11.